The Bertz CT molecular complexity index is 873. The topological polar surface area (TPSA) is 84.5 Å². The van der Waals surface area contributed by atoms with Gasteiger partial charge < -0.3 is 10.1 Å². The van der Waals surface area contributed by atoms with Crippen LogP contribution in [0.2, 0.25) is 5.02 Å². The highest BCUT2D eigenvalue weighted by molar-refractivity contribution is 7.89. The number of methoxy groups -OCH3 is 1. The molecule has 2 N–H and O–H groups in total. The van der Waals surface area contributed by atoms with Crippen molar-refractivity contribution < 1.29 is 17.9 Å². The van der Waals surface area contributed by atoms with Crippen LogP contribution in [0.4, 0.5) is 0 Å². The number of carbonyl (C=O) groups excluding carboxylic acids is 1. The van der Waals surface area contributed by atoms with Gasteiger partial charge in [0.2, 0.25) is 15.9 Å². The van der Waals surface area contributed by atoms with Crippen LogP contribution in [-0.4, -0.2) is 34.0 Å². The zero-order chi connectivity index (χ0) is 19.9. The van der Waals surface area contributed by atoms with E-state index >= 15 is 0 Å². The first kappa shape index (κ1) is 21.2. The molecule has 0 heterocycles. The Morgan fingerprint density at radius 2 is 1.89 bits per heavy atom. The largest absolute Gasteiger partial charge is 0.495 e. The fourth-order valence-electron chi connectivity index (χ4n) is 2.52. The van der Waals surface area contributed by atoms with Crippen LogP contribution in [0.3, 0.4) is 0 Å². The van der Waals surface area contributed by atoms with E-state index in [2.05, 4.69) is 10.0 Å². The number of halogens is 1. The molecule has 2 aromatic carbocycles. The van der Waals surface area contributed by atoms with E-state index in [1.807, 2.05) is 37.3 Å². The number of hydrogen-bond donors (Lipinski definition) is 2. The van der Waals surface area contributed by atoms with Crippen molar-refractivity contribution in [1.82, 2.24) is 10.0 Å². The Morgan fingerprint density at radius 3 is 2.52 bits per heavy atom. The van der Waals surface area contributed by atoms with Gasteiger partial charge in [-0.15, -0.1) is 0 Å². The Hall–Kier alpha value is -2.09. The third-order valence-corrected chi connectivity index (χ3v) is 5.59. The van der Waals surface area contributed by atoms with Gasteiger partial charge in [0.15, 0.2) is 0 Å². The molecule has 1 atom stereocenters. The first-order valence-electron chi connectivity index (χ1n) is 8.55. The maximum absolute atomic E-state index is 12.9. The third-order valence-electron chi connectivity index (χ3n) is 3.86. The molecule has 0 aromatic heterocycles. The fourth-order valence-corrected chi connectivity index (χ4v) is 4.15. The summed E-state index contributed by atoms with van der Waals surface area (Å²) < 4.78 is 33.5. The summed E-state index contributed by atoms with van der Waals surface area (Å²) >= 11 is 5.95. The molecule has 0 saturated carbocycles. The van der Waals surface area contributed by atoms with Gasteiger partial charge in [-0.25, -0.2) is 8.42 Å². The maximum Gasteiger partial charge on any atom is 0.245 e. The van der Waals surface area contributed by atoms with E-state index in [1.165, 1.54) is 25.3 Å². The highest BCUT2D eigenvalue weighted by atomic mass is 35.5. The van der Waals surface area contributed by atoms with Crippen LogP contribution < -0.4 is 14.8 Å². The van der Waals surface area contributed by atoms with Gasteiger partial charge in [0.1, 0.15) is 16.7 Å². The number of carbonyl (C=O) groups is 1. The lowest BCUT2D eigenvalue weighted by molar-refractivity contribution is -0.122. The van der Waals surface area contributed by atoms with Gasteiger partial charge >= 0.3 is 0 Å². The van der Waals surface area contributed by atoms with Gasteiger partial charge in [0.05, 0.1) is 7.11 Å². The SMILES string of the molecule is CCCNC(=O)C(Cc1ccccc1)NS(=O)(=O)c1cc(Cl)ccc1OC. The minimum atomic E-state index is -4.04. The Balaban J connectivity index is 2.32. The monoisotopic (exact) mass is 410 g/mol. The van der Waals surface area contributed by atoms with Crippen molar-refractivity contribution in [3.8, 4) is 5.75 Å². The molecule has 146 valence electrons. The molecule has 0 radical (unpaired) electrons. The summed E-state index contributed by atoms with van der Waals surface area (Å²) in [5.74, 6) is -0.232. The van der Waals surface area contributed by atoms with Crippen molar-refractivity contribution in [2.75, 3.05) is 13.7 Å². The van der Waals surface area contributed by atoms with Crippen LogP contribution in [0.25, 0.3) is 0 Å². The second kappa shape index (κ2) is 9.73. The van der Waals surface area contributed by atoms with Crippen LogP contribution in [0, 0.1) is 0 Å². The minimum absolute atomic E-state index is 0.112. The minimum Gasteiger partial charge on any atom is -0.495 e. The summed E-state index contributed by atoms with van der Waals surface area (Å²) in [4.78, 5) is 12.4. The Morgan fingerprint density at radius 1 is 1.19 bits per heavy atom. The van der Waals surface area contributed by atoms with Crippen molar-refractivity contribution in [1.29, 1.82) is 0 Å². The summed E-state index contributed by atoms with van der Waals surface area (Å²) in [6.07, 6.45) is 0.969. The number of nitrogens with one attached hydrogen (secondary N) is 2. The first-order valence-corrected chi connectivity index (χ1v) is 10.4. The average molecular weight is 411 g/mol. The van der Waals surface area contributed by atoms with E-state index in [0.29, 0.717) is 6.54 Å². The molecule has 1 amide bonds. The Kier molecular flexibility index (Phi) is 7.65. The molecule has 2 aromatic rings. The smallest absolute Gasteiger partial charge is 0.245 e. The lowest BCUT2D eigenvalue weighted by atomic mass is 10.1. The van der Waals surface area contributed by atoms with E-state index in [1.54, 1.807) is 0 Å². The molecule has 1 unspecified atom stereocenters. The molecule has 0 aliphatic heterocycles. The second-order valence-electron chi connectivity index (χ2n) is 5.95. The average Bonchev–Trinajstić information content (AvgIpc) is 2.66. The van der Waals surface area contributed by atoms with Gasteiger partial charge in [0.25, 0.3) is 0 Å². The number of hydrogen-bond acceptors (Lipinski definition) is 4. The van der Waals surface area contributed by atoms with Gasteiger partial charge in [-0.1, -0.05) is 48.9 Å². The fraction of sp³-hybridized carbons (Fsp3) is 0.316. The number of amides is 1. The lowest BCUT2D eigenvalue weighted by Crippen LogP contribution is -2.48. The van der Waals surface area contributed by atoms with E-state index in [9.17, 15) is 13.2 Å². The zero-order valence-corrected chi connectivity index (χ0v) is 16.8. The van der Waals surface area contributed by atoms with Crippen molar-refractivity contribution in [3.63, 3.8) is 0 Å². The van der Waals surface area contributed by atoms with Crippen LogP contribution in [0.1, 0.15) is 18.9 Å². The number of benzene rings is 2. The summed E-state index contributed by atoms with van der Waals surface area (Å²) in [6, 6.07) is 12.6. The van der Waals surface area contributed by atoms with Crippen molar-refractivity contribution in [2.24, 2.45) is 0 Å². The first-order chi connectivity index (χ1) is 12.9. The summed E-state index contributed by atoms with van der Waals surface area (Å²) in [5.41, 5.74) is 0.843. The number of ether oxygens (including phenoxy) is 1. The molecule has 0 bridgehead atoms. The molecule has 2 rings (SSSR count). The van der Waals surface area contributed by atoms with Gasteiger partial charge in [-0.05, 0) is 36.6 Å². The highest BCUT2D eigenvalue weighted by Gasteiger charge is 2.28. The molecule has 6 nitrogen and oxygen atoms in total. The molecule has 0 saturated heterocycles. The van der Waals surface area contributed by atoms with E-state index in [4.69, 9.17) is 16.3 Å². The van der Waals surface area contributed by atoms with Crippen LogP contribution in [0.5, 0.6) is 5.75 Å². The molecule has 0 aliphatic carbocycles. The second-order valence-corrected chi connectivity index (χ2v) is 8.07. The van der Waals surface area contributed by atoms with Crippen molar-refractivity contribution in [3.05, 3.63) is 59.1 Å². The number of sulfonamides is 1. The van der Waals surface area contributed by atoms with Crippen LogP contribution in [-0.2, 0) is 21.2 Å². The number of rotatable bonds is 9. The molecule has 27 heavy (non-hydrogen) atoms. The van der Waals surface area contributed by atoms with Crippen LogP contribution in [0.15, 0.2) is 53.4 Å². The molecule has 0 spiro atoms. The molecular formula is C19H23ClN2O4S. The van der Waals surface area contributed by atoms with Gasteiger partial charge in [0, 0.05) is 11.6 Å². The normalized spacial score (nSPS) is 12.4. The lowest BCUT2D eigenvalue weighted by Gasteiger charge is -2.19. The van der Waals surface area contributed by atoms with E-state index < -0.39 is 16.1 Å². The zero-order valence-electron chi connectivity index (χ0n) is 15.2. The van der Waals surface area contributed by atoms with Crippen LogP contribution >= 0.6 is 11.6 Å². The third kappa shape index (κ3) is 5.95. The van der Waals surface area contributed by atoms with Gasteiger partial charge in [-0.3, -0.25) is 4.79 Å². The molecule has 8 heteroatoms. The predicted molar refractivity (Wildman–Crippen MR) is 106 cm³/mol. The van der Waals surface area contributed by atoms with Crippen molar-refractivity contribution >= 4 is 27.5 Å². The Labute approximate surface area is 164 Å². The highest BCUT2D eigenvalue weighted by Crippen LogP contribution is 2.27. The van der Waals surface area contributed by atoms with Crippen molar-refractivity contribution in [2.45, 2.75) is 30.7 Å². The predicted octanol–water partition coefficient (Wildman–Crippen LogP) is 2.76. The maximum atomic E-state index is 12.9. The molecular weight excluding hydrogens is 388 g/mol. The van der Waals surface area contributed by atoms with Gasteiger partial charge in [-0.2, -0.15) is 4.72 Å². The summed E-state index contributed by atoms with van der Waals surface area (Å²) in [5, 5.41) is 3.00. The van der Waals surface area contributed by atoms with E-state index in [0.717, 1.165) is 12.0 Å². The summed E-state index contributed by atoms with van der Waals surface area (Å²) in [6.45, 7) is 2.39. The standard InChI is InChI=1S/C19H23ClN2O4S/c1-3-11-21-19(23)16(12-14-7-5-4-6-8-14)22-27(24,25)18-13-15(20)9-10-17(18)26-2/h4-10,13,16,22H,3,11-12H2,1-2H3,(H,21,23). The summed E-state index contributed by atoms with van der Waals surface area (Å²) in [7, 11) is -2.66. The molecule has 0 fully saturated rings. The molecule has 0 aliphatic rings. The quantitative estimate of drug-likeness (QED) is 0.665. The van der Waals surface area contributed by atoms with E-state index in [-0.39, 0.29) is 28.0 Å².